The molecule has 0 aromatic heterocycles. The fraction of sp³-hybridized carbons (Fsp3) is 0.400. The van der Waals surface area contributed by atoms with Crippen molar-refractivity contribution >= 4 is 19.5 Å². The molecule has 0 amide bonds. The zero-order chi connectivity index (χ0) is 32.2. The Morgan fingerprint density at radius 3 is 1.54 bits per heavy atom. The maximum absolute atomic E-state index is 7.21. The van der Waals surface area contributed by atoms with Crippen molar-refractivity contribution in [2.75, 3.05) is 26.2 Å². The molecule has 4 aromatic rings. The van der Waals surface area contributed by atoms with Gasteiger partial charge in [-0.2, -0.15) is 0 Å². The molecule has 4 aromatic carbocycles. The Kier molecular flexibility index (Phi) is 12.6. The molecule has 1 aliphatic heterocycles. The third-order valence-corrected chi connectivity index (χ3v) is 11.4. The van der Waals surface area contributed by atoms with Crippen LogP contribution >= 0.6 is 0 Å². The quantitative estimate of drug-likeness (QED) is 0.0728. The van der Waals surface area contributed by atoms with Crippen LogP contribution in [0.2, 0.25) is 13.1 Å². The van der Waals surface area contributed by atoms with Gasteiger partial charge in [-0.25, -0.2) is 0 Å². The lowest BCUT2D eigenvalue weighted by molar-refractivity contribution is -0.157. The summed E-state index contributed by atoms with van der Waals surface area (Å²) in [6.07, 6.45) is 3.20. The molecule has 0 radical (unpaired) electrons. The molecule has 5 rings (SSSR count). The molecule has 1 saturated heterocycles. The normalized spacial score (nSPS) is 17.8. The minimum Gasteiger partial charge on any atom is -0.398 e. The van der Waals surface area contributed by atoms with E-state index in [1.54, 1.807) is 0 Å². The largest absolute Gasteiger partial charge is 0.398 e. The average Bonchev–Trinajstić information content (AvgIpc) is 3.11. The van der Waals surface area contributed by atoms with Crippen LogP contribution in [0.25, 0.3) is 0 Å². The lowest BCUT2D eigenvalue weighted by atomic mass is 9.79. The van der Waals surface area contributed by atoms with Gasteiger partial charge in [0.2, 0.25) is 0 Å². The highest BCUT2D eigenvalue weighted by atomic mass is 28.2. The van der Waals surface area contributed by atoms with E-state index in [4.69, 9.17) is 13.6 Å². The summed E-state index contributed by atoms with van der Waals surface area (Å²) in [7, 11) is -1.28. The van der Waals surface area contributed by atoms with Gasteiger partial charge in [0.05, 0.1) is 6.61 Å². The third-order valence-electron chi connectivity index (χ3n) is 9.89. The Hall–Kier alpha value is -2.85. The Morgan fingerprint density at radius 1 is 0.674 bits per heavy atom. The maximum atomic E-state index is 7.21. The molecule has 244 valence electrons. The lowest BCUT2D eigenvalue weighted by Crippen LogP contribution is -2.51. The molecule has 4 nitrogen and oxygen atoms in total. The summed E-state index contributed by atoms with van der Waals surface area (Å²) in [5.74, 6) is 0.861. The number of likely N-dealkylation sites (tertiary alicyclic amines) is 1. The molecule has 46 heavy (non-hydrogen) atoms. The second kappa shape index (κ2) is 16.8. The molecular formula is C40H53NO3Si2. The standard InChI is InChI=1S/C40H53NO3Si2/c1-32(31-42-40(36-19-11-6-12-20-36,37-21-13-7-14-22-37)38-23-15-8-16-24-38)35-25-27-41(28-26-35)30-33(2)39(43-45-3,44-46-4)29-34-17-9-5-10-18-34/h5-24,32-33,35H,25-31,45-46H2,1-4H3. The molecule has 0 spiro atoms. The summed E-state index contributed by atoms with van der Waals surface area (Å²) in [5.41, 5.74) is 4.12. The van der Waals surface area contributed by atoms with Crippen molar-refractivity contribution in [2.45, 2.75) is 57.6 Å². The summed E-state index contributed by atoms with van der Waals surface area (Å²) >= 11 is 0. The molecule has 2 atom stereocenters. The lowest BCUT2D eigenvalue weighted by Gasteiger charge is -2.43. The second-order valence-electron chi connectivity index (χ2n) is 12.9. The van der Waals surface area contributed by atoms with E-state index in [-0.39, 0.29) is 0 Å². The zero-order valence-corrected chi connectivity index (χ0v) is 31.1. The minimum atomic E-state index is -0.665. The molecule has 0 bridgehead atoms. The number of nitrogens with zero attached hydrogens (tertiary/aromatic N) is 1. The van der Waals surface area contributed by atoms with Crippen molar-refractivity contribution in [2.24, 2.45) is 17.8 Å². The SMILES string of the molecule is C[SiH2]OC(Cc1ccccc1)(O[SiH2]C)C(C)CN1CCC(C(C)COC(c2ccccc2)(c2ccccc2)c2ccccc2)CC1. The second-order valence-corrected chi connectivity index (χ2v) is 14.7. The van der Waals surface area contributed by atoms with Crippen molar-refractivity contribution in [1.29, 1.82) is 0 Å². The fourth-order valence-electron chi connectivity index (χ4n) is 7.36. The summed E-state index contributed by atoms with van der Waals surface area (Å²) < 4.78 is 20.4. The first-order valence-electron chi connectivity index (χ1n) is 17.4. The van der Waals surface area contributed by atoms with E-state index in [1.807, 2.05) is 0 Å². The summed E-state index contributed by atoms with van der Waals surface area (Å²) in [6.45, 7) is 13.1. The summed E-state index contributed by atoms with van der Waals surface area (Å²) in [5, 5.41) is 0. The highest BCUT2D eigenvalue weighted by Gasteiger charge is 2.40. The maximum Gasteiger partial charge on any atom is 0.162 e. The molecule has 0 saturated carbocycles. The topological polar surface area (TPSA) is 30.9 Å². The van der Waals surface area contributed by atoms with Crippen molar-refractivity contribution in [3.8, 4) is 0 Å². The van der Waals surface area contributed by atoms with E-state index in [1.165, 1.54) is 18.4 Å². The van der Waals surface area contributed by atoms with Crippen LogP contribution in [0.5, 0.6) is 0 Å². The van der Waals surface area contributed by atoms with Gasteiger partial charge in [-0.05, 0) is 60.0 Å². The Labute approximate surface area is 282 Å². The van der Waals surface area contributed by atoms with Crippen LogP contribution < -0.4 is 0 Å². The van der Waals surface area contributed by atoms with E-state index in [2.05, 4.69) is 153 Å². The van der Waals surface area contributed by atoms with Crippen molar-refractivity contribution in [3.63, 3.8) is 0 Å². The van der Waals surface area contributed by atoms with Gasteiger partial charge in [0.1, 0.15) is 5.60 Å². The van der Waals surface area contributed by atoms with Gasteiger partial charge in [-0.1, -0.05) is 148 Å². The predicted octanol–water partition coefficient (Wildman–Crippen LogP) is 7.22. The van der Waals surface area contributed by atoms with Crippen LogP contribution in [-0.4, -0.2) is 56.5 Å². The fourth-order valence-corrected chi connectivity index (χ4v) is 9.45. The van der Waals surface area contributed by atoms with E-state index < -0.39 is 30.9 Å². The molecule has 0 N–H and O–H groups in total. The van der Waals surface area contributed by atoms with Gasteiger partial charge in [0, 0.05) is 18.9 Å². The monoisotopic (exact) mass is 651 g/mol. The highest BCUT2D eigenvalue weighted by Crippen LogP contribution is 2.41. The molecule has 1 heterocycles. The van der Waals surface area contributed by atoms with Crippen LogP contribution in [-0.2, 0) is 25.6 Å². The van der Waals surface area contributed by atoms with Gasteiger partial charge in [0.25, 0.3) is 0 Å². The molecule has 6 heteroatoms. The first kappa shape index (κ1) is 34.5. The molecule has 2 unspecified atom stereocenters. The van der Waals surface area contributed by atoms with Gasteiger partial charge in [0.15, 0.2) is 25.3 Å². The van der Waals surface area contributed by atoms with Crippen LogP contribution in [0.1, 0.15) is 48.9 Å². The third kappa shape index (κ3) is 8.16. The van der Waals surface area contributed by atoms with Crippen molar-refractivity contribution < 1.29 is 13.6 Å². The first-order chi connectivity index (χ1) is 22.5. The van der Waals surface area contributed by atoms with Crippen LogP contribution in [0.4, 0.5) is 0 Å². The highest BCUT2D eigenvalue weighted by molar-refractivity contribution is 6.26. The van der Waals surface area contributed by atoms with Crippen LogP contribution in [0, 0.1) is 17.8 Å². The van der Waals surface area contributed by atoms with Gasteiger partial charge in [-0.3, -0.25) is 0 Å². The number of hydrogen-bond acceptors (Lipinski definition) is 4. The number of hydrogen-bond donors (Lipinski definition) is 0. The number of ether oxygens (including phenoxy) is 1. The van der Waals surface area contributed by atoms with Crippen molar-refractivity contribution in [3.05, 3.63) is 144 Å². The van der Waals surface area contributed by atoms with Crippen LogP contribution in [0.15, 0.2) is 121 Å². The van der Waals surface area contributed by atoms with E-state index in [0.717, 1.165) is 42.7 Å². The Bertz CT molecular complexity index is 1310. The molecule has 1 aliphatic rings. The minimum absolute atomic E-state index is 0.299. The number of piperidine rings is 1. The first-order valence-corrected chi connectivity index (χ1v) is 21.3. The van der Waals surface area contributed by atoms with E-state index in [9.17, 15) is 0 Å². The predicted molar refractivity (Wildman–Crippen MR) is 197 cm³/mol. The smallest absolute Gasteiger partial charge is 0.162 e. The van der Waals surface area contributed by atoms with Crippen molar-refractivity contribution in [1.82, 2.24) is 4.90 Å². The summed E-state index contributed by atoms with van der Waals surface area (Å²) in [6, 6.07) is 43.0. The van der Waals surface area contributed by atoms with Crippen LogP contribution in [0.3, 0.4) is 0 Å². The van der Waals surface area contributed by atoms with Gasteiger partial charge >= 0.3 is 0 Å². The number of rotatable bonds is 16. The summed E-state index contributed by atoms with van der Waals surface area (Å²) in [4.78, 5) is 2.65. The van der Waals surface area contributed by atoms with Gasteiger partial charge < -0.3 is 18.5 Å². The Morgan fingerprint density at radius 2 is 1.11 bits per heavy atom. The number of benzene rings is 4. The van der Waals surface area contributed by atoms with E-state index >= 15 is 0 Å². The average molecular weight is 652 g/mol. The zero-order valence-electron chi connectivity index (χ0n) is 28.3. The Balaban J connectivity index is 1.26. The van der Waals surface area contributed by atoms with E-state index in [0.29, 0.717) is 24.4 Å². The van der Waals surface area contributed by atoms with Gasteiger partial charge in [-0.15, -0.1) is 0 Å². The molecule has 1 fully saturated rings. The molecular weight excluding hydrogens is 599 g/mol. The molecule has 0 aliphatic carbocycles.